The number of methoxy groups -OCH3 is 1. The quantitative estimate of drug-likeness (QED) is 0.162. The first kappa shape index (κ1) is 25.4. The number of hydrogen-bond donors (Lipinski definition) is 1. The highest BCUT2D eigenvalue weighted by molar-refractivity contribution is 7.89. The Morgan fingerprint density at radius 3 is 2.29 bits per heavy atom. The van der Waals surface area contributed by atoms with E-state index in [1.807, 2.05) is 68.4 Å². The van der Waals surface area contributed by atoms with E-state index in [4.69, 9.17) is 26.4 Å². The van der Waals surface area contributed by atoms with E-state index in [1.165, 1.54) is 18.3 Å². The maximum Gasteiger partial charge on any atom is 0.276 e. The zero-order valence-corrected chi connectivity index (χ0v) is 22.5. The first-order chi connectivity index (χ1) is 18.3. The molecule has 0 unspecified atom stereocenters. The maximum atomic E-state index is 12.8. The molecule has 0 aliphatic heterocycles. The average Bonchev–Trinajstić information content (AvgIpc) is 3.28. The number of halogens is 1. The molecule has 2 heterocycles. The molecule has 0 atom stereocenters. The van der Waals surface area contributed by atoms with E-state index in [2.05, 4.69) is 9.93 Å². The third kappa shape index (κ3) is 4.85. The van der Waals surface area contributed by atoms with Crippen molar-refractivity contribution in [1.29, 1.82) is 0 Å². The fourth-order valence-electron chi connectivity index (χ4n) is 4.08. The largest absolute Gasteiger partial charge is 0.497 e. The number of aryl methyl sites for hydroxylation is 2. The van der Waals surface area contributed by atoms with Gasteiger partial charge in [0, 0.05) is 11.1 Å². The van der Waals surface area contributed by atoms with Gasteiger partial charge < -0.3 is 4.74 Å². The van der Waals surface area contributed by atoms with Crippen molar-refractivity contribution in [3.8, 4) is 28.1 Å². The van der Waals surface area contributed by atoms with Crippen LogP contribution in [-0.4, -0.2) is 36.3 Å². The van der Waals surface area contributed by atoms with Crippen LogP contribution in [0.4, 0.5) is 0 Å². The van der Waals surface area contributed by atoms with Gasteiger partial charge in [0.05, 0.1) is 29.5 Å². The second-order valence-electron chi connectivity index (χ2n) is 8.62. The lowest BCUT2D eigenvalue weighted by atomic mass is 10.1. The van der Waals surface area contributed by atoms with E-state index >= 15 is 0 Å². The molecule has 0 spiro atoms. The molecule has 0 fully saturated rings. The number of rotatable bonds is 7. The van der Waals surface area contributed by atoms with Crippen LogP contribution in [0.1, 0.15) is 16.8 Å². The van der Waals surface area contributed by atoms with Gasteiger partial charge in [0.1, 0.15) is 16.6 Å². The van der Waals surface area contributed by atoms with Crippen LogP contribution >= 0.6 is 11.6 Å². The summed E-state index contributed by atoms with van der Waals surface area (Å²) in [6.07, 6.45) is 1.41. The van der Waals surface area contributed by atoms with E-state index in [0.29, 0.717) is 27.8 Å². The summed E-state index contributed by atoms with van der Waals surface area (Å²) in [6, 6.07) is 23.5. The molecule has 3 aromatic carbocycles. The van der Waals surface area contributed by atoms with Crippen LogP contribution < -0.4 is 9.57 Å². The molecule has 0 bridgehead atoms. The molecule has 5 rings (SSSR count). The Hall–Kier alpha value is -4.21. The fourth-order valence-corrected chi connectivity index (χ4v) is 5.23. The number of fused-ring (bicyclic) bond motifs is 1. The van der Waals surface area contributed by atoms with Gasteiger partial charge in [-0.2, -0.15) is 18.6 Å². The van der Waals surface area contributed by atoms with Gasteiger partial charge in [0.15, 0.2) is 5.65 Å². The summed E-state index contributed by atoms with van der Waals surface area (Å²) in [4.78, 5) is 7.20. The molecule has 8 nitrogen and oxygen atoms in total. The summed E-state index contributed by atoms with van der Waals surface area (Å²) in [5, 5.41) is 9.19. The number of benzene rings is 3. The Balaban J connectivity index is 1.62. The second kappa shape index (κ2) is 10.3. The van der Waals surface area contributed by atoms with Crippen molar-refractivity contribution in [1.82, 2.24) is 19.4 Å². The van der Waals surface area contributed by atoms with Crippen LogP contribution in [0.2, 0.25) is 5.15 Å². The van der Waals surface area contributed by atoms with Crippen LogP contribution in [-0.2, 0) is 10.0 Å². The van der Waals surface area contributed by atoms with Crippen molar-refractivity contribution in [3.05, 3.63) is 101 Å². The lowest BCUT2D eigenvalue weighted by molar-refractivity contribution is 0.415. The standard InChI is InChI=1S/C28H24ClN5O3S/c1-18-9-15-23(16-10-18)38(35,36)33-30-17-24-26(21-7-5-4-6-8-21)32-34-27(29)25(19(2)31-28(24)34)20-11-13-22(37-3)14-12-20/h4-17,33H,1-3H3. The van der Waals surface area contributed by atoms with Crippen molar-refractivity contribution in [2.45, 2.75) is 18.7 Å². The van der Waals surface area contributed by atoms with Gasteiger partial charge in [-0.1, -0.05) is 71.8 Å². The molecule has 0 saturated carbocycles. The third-order valence-corrected chi connectivity index (χ3v) is 7.64. The molecule has 192 valence electrons. The molecular formula is C28H24ClN5O3S. The first-order valence-corrected chi connectivity index (χ1v) is 13.5. The van der Waals surface area contributed by atoms with Crippen LogP contribution in [0.3, 0.4) is 0 Å². The van der Waals surface area contributed by atoms with E-state index in [1.54, 1.807) is 23.8 Å². The number of hydrazone groups is 1. The Morgan fingerprint density at radius 2 is 1.63 bits per heavy atom. The number of nitrogens with zero attached hydrogens (tertiary/aromatic N) is 4. The monoisotopic (exact) mass is 545 g/mol. The summed E-state index contributed by atoms with van der Waals surface area (Å²) in [5.74, 6) is 0.730. The van der Waals surface area contributed by atoms with Gasteiger partial charge in [-0.15, -0.1) is 0 Å². The summed E-state index contributed by atoms with van der Waals surface area (Å²) < 4.78 is 32.3. The van der Waals surface area contributed by atoms with Crippen molar-refractivity contribution in [3.63, 3.8) is 0 Å². The molecule has 0 aliphatic carbocycles. The number of sulfonamides is 1. The summed E-state index contributed by atoms with van der Waals surface area (Å²) in [5.41, 5.74) is 5.56. The average molecular weight is 546 g/mol. The molecule has 38 heavy (non-hydrogen) atoms. The zero-order valence-electron chi connectivity index (χ0n) is 20.9. The van der Waals surface area contributed by atoms with Crippen molar-refractivity contribution in [2.24, 2.45) is 5.10 Å². The lowest BCUT2D eigenvalue weighted by Crippen LogP contribution is -2.18. The van der Waals surface area contributed by atoms with E-state index < -0.39 is 10.0 Å². The van der Waals surface area contributed by atoms with E-state index in [-0.39, 0.29) is 4.90 Å². The topological polar surface area (TPSA) is 98.0 Å². The Kier molecular flexibility index (Phi) is 6.88. The minimum Gasteiger partial charge on any atom is -0.497 e. The van der Waals surface area contributed by atoms with Crippen molar-refractivity contribution in [2.75, 3.05) is 7.11 Å². The van der Waals surface area contributed by atoms with Crippen LogP contribution in [0.15, 0.2) is 88.9 Å². The van der Waals surface area contributed by atoms with Gasteiger partial charge in [-0.25, -0.2) is 14.3 Å². The molecule has 2 aromatic heterocycles. The van der Waals surface area contributed by atoms with Crippen LogP contribution in [0.25, 0.3) is 28.0 Å². The molecule has 5 aromatic rings. The smallest absolute Gasteiger partial charge is 0.276 e. The van der Waals surface area contributed by atoms with Gasteiger partial charge in [0.25, 0.3) is 10.0 Å². The highest BCUT2D eigenvalue weighted by atomic mass is 35.5. The van der Waals surface area contributed by atoms with Crippen LogP contribution in [0.5, 0.6) is 5.75 Å². The molecule has 0 radical (unpaired) electrons. The zero-order chi connectivity index (χ0) is 26.9. The van der Waals surface area contributed by atoms with Gasteiger partial charge in [-0.3, -0.25) is 0 Å². The van der Waals surface area contributed by atoms with E-state index in [9.17, 15) is 8.42 Å². The number of hydrogen-bond acceptors (Lipinski definition) is 6. The first-order valence-electron chi connectivity index (χ1n) is 11.7. The van der Waals surface area contributed by atoms with Crippen molar-refractivity contribution < 1.29 is 13.2 Å². The molecule has 10 heteroatoms. The number of ether oxygens (including phenoxy) is 1. The molecular weight excluding hydrogens is 522 g/mol. The Morgan fingerprint density at radius 1 is 0.947 bits per heavy atom. The van der Waals surface area contributed by atoms with Gasteiger partial charge in [-0.05, 0) is 43.7 Å². The summed E-state index contributed by atoms with van der Waals surface area (Å²) in [7, 11) is -2.25. The minimum absolute atomic E-state index is 0.115. The molecule has 0 amide bonds. The second-order valence-corrected chi connectivity index (χ2v) is 10.6. The molecule has 0 aliphatic rings. The predicted molar refractivity (Wildman–Crippen MR) is 149 cm³/mol. The lowest BCUT2D eigenvalue weighted by Gasteiger charge is -2.10. The van der Waals surface area contributed by atoms with Crippen molar-refractivity contribution >= 4 is 33.5 Å². The van der Waals surface area contributed by atoms with E-state index in [0.717, 1.165) is 28.0 Å². The minimum atomic E-state index is -3.86. The summed E-state index contributed by atoms with van der Waals surface area (Å²) >= 11 is 6.90. The molecule has 0 saturated heterocycles. The SMILES string of the molecule is COc1ccc(-c2c(C)nc3c(C=NNS(=O)(=O)c4ccc(C)cc4)c(-c4ccccc4)nn3c2Cl)cc1. The van der Waals surface area contributed by atoms with Gasteiger partial charge in [0.2, 0.25) is 0 Å². The third-order valence-electron chi connectivity index (χ3n) is 6.05. The predicted octanol–water partition coefficient (Wildman–Crippen LogP) is 5.65. The maximum absolute atomic E-state index is 12.8. The summed E-state index contributed by atoms with van der Waals surface area (Å²) in [6.45, 7) is 3.75. The highest BCUT2D eigenvalue weighted by Crippen LogP contribution is 2.34. The fraction of sp³-hybridized carbons (Fsp3) is 0.107. The Bertz CT molecular complexity index is 1750. The molecule has 1 N–H and O–H groups in total. The van der Waals surface area contributed by atoms with Gasteiger partial charge >= 0.3 is 0 Å². The highest BCUT2D eigenvalue weighted by Gasteiger charge is 2.21. The number of nitrogens with one attached hydrogen (secondary N) is 1. The normalized spacial score (nSPS) is 11.8. The van der Waals surface area contributed by atoms with Crippen LogP contribution in [0, 0.1) is 13.8 Å². The number of aromatic nitrogens is 3. The Labute approximate surface area is 225 Å².